The summed E-state index contributed by atoms with van der Waals surface area (Å²) in [6, 6.07) is 6.01. The van der Waals surface area contributed by atoms with Gasteiger partial charge in [-0.05, 0) is 11.6 Å². The molecule has 1 aromatic carbocycles. The number of halogens is 3. The van der Waals surface area contributed by atoms with E-state index in [1.807, 2.05) is 0 Å². The summed E-state index contributed by atoms with van der Waals surface area (Å²) in [6.07, 6.45) is 1.05. The smallest absolute Gasteiger partial charge is 0.229 e. The predicted molar refractivity (Wildman–Crippen MR) is 70.8 cm³/mol. The highest BCUT2D eigenvalue weighted by Crippen LogP contribution is 2.25. The van der Waals surface area contributed by atoms with Gasteiger partial charge in [0.25, 0.3) is 0 Å². The Bertz CT molecular complexity index is 601. The van der Waals surface area contributed by atoms with Crippen LogP contribution in [0.5, 0.6) is 0 Å². The number of hydrogen-bond donors (Lipinski definition) is 1. The van der Waals surface area contributed by atoms with Crippen LogP contribution >= 0.6 is 23.2 Å². The number of anilines is 1. The van der Waals surface area contributed by atoms with E-state index in [4.69, 9.17) is 23.2 Å². The predicted octanol–water partition coefficient (Wildman–Crippen LogP) is 3.10. The van der Waals surface area contributed by atoms with Crippen molar-refractivity contribution >= 4 is 34.8 Å². The van der Waals surface area contributed by atoms with Crippen molar-refractivity contribution in [2.75, 3.05) is 5.32 Å². The fourth-order valence-electron chi connectivity index (χ4n) is 1.45. The summed E-state index contributed by atoms with van der Waals surface area (Å²) >= 11 is 11.6. The Labute approximate surface area is 118 Å². The average molecular weight is 300 g/mol. The molecule has 98 valence electrons. The van der Waals surface area contributed by atoms with E-state index in [9.17, 15) is 9.18 Å². The van der Waals surface area contributed by atoms with E-state index in [0.29, 0.717) is 0 Å². The van der Waals surface area contributed by atoms with E-state index in [-0.39, 0.29) is 28.0 Å². The van der Waals surface area contributed by atoms with Crippen molar-refractivity contribution in [1.82, 2.24) is 9.97 Å². The fraction of sp³-hybridized carbons (Fsp3) is 0.0833. The molecule has 0 aliphatic rings. The number of aromatic nitrogens is 2. The first-order chi connectivity index (χ1) is 9.08. The number of rotatable bonds is 3. The Hall–Kier alpha value is -1.72. The van der Waals surface area contributed by atoms with E-state index >= 15 is 0 Å². The highest BCUT2D eigenvalue weighted by atomic mass is 35.5. The first-order valence-electron chi connectivity index (χ1n) is 5.27. The Morgan fingerprint density at radius 3 is 2.47 bits per heavy atom. The minimum Gasteiger partial charge on any atom is -0.321 e. The van der Waals surface area contributed by atoms with Crippen LogP contribution in [0.1, 0.15) is 5.56 Å². The van der Waals surface area contributed by atoms with Gasteiger partial charge in [-0.1, -0.05) is 41.4 Å². The number of nitrogens with one attached hydrogen (secondary N) is 1. The number of benzene rings is 1. The molecule has 1 aromatic heterocycles. The van der Waals surface area contributed by atoms with Gasteiger partial charge in [0.2, 0.25) is 5.91 Å². The van der Waals surface area contributed by atoms with Crippen molar-refractivity contribution < 1.29 is 9.18 Å². The molecule has 1 amide bonds. The van der Waals surface area contributed by atoms with Crippen LogP contribution in [-0.4, -0.2) is 15.9 Å². The van der Waals surface area contributed by atoms with Crippen molar-refractivity contribution in [3.63, 3.8) is 0 Å². The molecule has 1 N–H and O–H groups in total. The van der Waals surface area contributed by atoms with E-state index in [2.05, 4.69) is 15.3 Å². The molecule has 7 heteroatoms. The Kier molecular flexibility index (Phi) is 4.29. The molecule has 0 radical (unpaired) electrons. The molecular formula is C12H8Cl2FN3O. The summed E-state index contributed by atoms with van der Waals surface area (Å²) in [5, 5.41) is 2.52. The van der Waals surface area contributed by atoms with Crippen LogP contribution in [0.15, 0.2) is 30.6 Å². The van der Waals surface area contributed by atoms with Crippen LogP contribution in [0.25, 0.3) is 0 Å². The lowest BCUT2D eigenvalue weighted by Crippen LogP contribution is -2.16. The molecule has 0 saturated carbocycles. The van der Waals surface area contributed by atoms with Gasteiger partial charge in [-0.2, -0.15) is 0 Å². The van der Waals surface area contributed by atoms with Crippen LogP contribution in [0.3, 0.4) is 0 Å². The van der Waals surface area contributed by atoms with Crippen LogP contribution in [0.2, 0.25) is 10.3 Å². The van der Waals surface area contributed by atoms with E-state index in [1.54, 1.807) is 12.1 Å². The largest absolute Gasteiger partial charge is 0.321 e. The molecule has 0 atom stereocenters. The maximum absolute atomic E-state index is 13.4. The summed E-state index contributed by atoms with van der Waals surface area (Å²) in [5.41, 5.74) is 0.399. The van der Waals surface area contributed by atoms with Crippen LogP contribution in [0.4, 0.5) is 10.1 Å². The second-order valence-corrected chi connectivity index (χ2v) is 4.36. The lowest BCUT2D eigenvalue weighted by molar-refractivity contribution is -0.115. The maximum Gasteiger partial charge on any atom is 0.229 e. The molecule has 1 heterocycles. The third-order valence-electron chi connectivity index (χ3n) is 2.33. The summed E-state index contributed by atoms with van der Waals surface area (Å²) in [6.45, 7) is 0. The normalized spacial score (nSPS) is 10.3. The zero-order valence-corrected chi connectivity index (χ0v) is 11.0. The van der Waals surface area contributed by atoms with Crippen molar-refractivity contribution in [3.05, 3.63) is 52.3 Å². The van der Waals surface area contributed by atoms with Gasteiger partial charge in [0, 0.05) is 0 Å². The lowest BCUT2D eigenvalue weighted by Gasteiger charge is -2.08. The van der Waals surface area contributed by atoms with Gasteiger partial charge in [0.15, 0.2) is 10.3 Å². The summed E-state index contributed by atoms with van der Waals surface area (Å²) in [4.78, 5) is 19.2. The molecule has 2 aromatic rings. The molecule has 4 nitrogen and oxygen atoms in total. The molecule has 19 heavy (non-hydrogen) atoms. The van der Waals surface area contributed by atoms with Crippen LogP contribution < -0.4 is 5.32 Å². The van der Waals surface area contributed by atoms with Gasteiger partial charge in [-0.15, -0.1) is 0 Å². The molecule has 0 aliphatic carbocycles. The van der Waals surface area contributed by atoms with Crippen molar-refractivity contribution in [3.8, 4) is 0 Å². The van der Waals surface area contributed by atoms with Crippen molar-refractivity contribution in [1.29, 1.82) is 0 Å². The standard InChI is InChI=1S/C12H8Cl2FN3O/c13-11-10(12(14)17-6-16-11)18-9(19)5-7-3-1-2-4-8(7)15/h1-4,6H,5H2,(H,18,19). The van der Waals surface area contributed by atoms with Gasteiger partial charge in [0.05, 0.1) is 6.42 Å². The topological polar surface area (TPSA) is 54.9 Å². The zero-order chi connectivity index (χ0) is 13.8. The summed E-state index contributed by atoms with van der Waals surface area (Å²) in [7, 11) is 0. The number of carbonyl (C=O) groups is 1. The highest BCUT2D eigenvalue weighted by molar-refractivity contribution is 6.38. The Morgan fingerprint density at radius 2 is 1.84 bits per heavy atom. The van der Waals surface area contributed by atoms with Crippen LogP contribution in [0, 0.1) is 5.82 Å². The average Bonchev–Trinajstić information content (AvgIpc) is 2.37. The second kappa shape index (κ2) is 5.95. The molecule has 0 bridgehead atoms. The minimum absolute atomic E-state index is 0.0295. The lowest BCUT2D eigenvalue weighted by atomic mass is 10.1. The maximum atomic E-state index is 13.4. The van der Waals surface area contributed by atoms with Gasteiger partial charge in [-0.25, -0.2) is 14.4 Å². The van der Waals surface area contributed by atoms with Crippen molar-refractivity contribution in [2.45, 2.75) is 6.42 Å². The Morgan fingerprint density at radius 1 is 1.21 bits per heavy atom. The number of carbonyl (C=O) groups excluding carboxylic acids is 1. The first kappa shape index (κ1) is 13.7. The van der Waals surface area contributed by atoms with Gasteiger partial charge in [-0.3, -0.25) is 4.79 Å². The fourth-order valence-corrected chi connectivity index (χ4v) is 1.86. The number of hydrogen-bond acceptors (Lipinski definition) is 3. The zero-order valence-electron chi connectivity index (χ0n) is 9.53. The van der Waals surface area contributed by atoms with Gasteiger partial charge < -0.3 is 5.32 Å². The highest BCUT2D eigenvalue weighted by Gasteiger charge is 2.13. The van der Waals surface area contributed by atoms with E-state index < -0.39 is 11.7 Å². The first-order valence-corrected chi connectivity index (χ1v) is 6.03. The van der Waals surface area contributed by atoms with Crippen LogP contribution in [-0.2, 0) is 11.2 Å². The molecular weight excluding hydrogens is 292 g/mol. The van der Waals surface area contributed by atoms with E-state index in [0.717, 1.165) is 0 Å². The number of amides is 1. The molecule has 0 fully saturated rings. The molecule has 0 aliphatic heterocycles. The van der Waals surface area contributed by atoms with E-state index in [1.165, 1.54) is 18.5 Å². The molecule has 0 saturated heterocycles. The number of nitrogens with zero attached hydrogens (tertiary/aromatic N) is 2. The van der Waals surface area contributed by atoms with Gasteiger partial charge >= 0.3 is 0 Å². The minimum atomic E-state index is -0.455. The third kappa shape index (κ3) is 3.39. The summed E-state index contributed by atoms with van der Waals surface area (Å²) < 4.78 is 13.4. The molecule has 2 rings (SSSR count). The Balaban J connectivity index is 2.12. The summed E-state index contributed by atoms with van der Waals surface area (Å²) in [5.74, 6) is -0.900. The molecule has 0 unspecified atom stereocenters. The van der Waals surface area contributed by atoms with Crippen molar-refractivity contribution in [2.24, 2.45) is 0 Å². The SMILES string of the molecule is O=C(Cc1ccccc1F)Nc1c(Cl)ncnc1Cl. The third-order valence-corrected chi connectivity index (χ3v) is 2.90. The second-order valence-electron chi connectivity index (χ2n) is 3.65. The molecule has 0 spiro atoms. The monoisotopic (exact) mass is 299 g/mol. The quantitative estimate of drug-likeness (QED) is 0.886. The van der Waals surface area contributed by atoms with Gasteiger partial charge in [0.1, 0.15) is 17.8 Å².